The van der Waals surface area contributed by atoms with Crippen LogP contribution in [0.15, 0.2) is 18.2 Å². The van der Waals surface area contributed by atoms with E-state index in [2.05, 4.69) is 10.1 Å². The number of fused-ring (bicyclic) bond motifs is 3. The summed E-state index contributed by atoms with van der Waals surface area (Å²) in [6, 6.07) is 4.09. The van der Waals surface area contributed by atoms with Crippen LogP contribution in [0.25, 0.3) is 5.65 Å². The summed E-state index contributed by atoms with van der Waals surface area (Å²) in [5.74, 6) is -0.386. The van der Waals surface area contributed by atoms with Crippen LogP contribution < -0.4 is 4.74 Å². The van der Waals surface area contributed by atoms with E-state index in [-0.39, 0.29) is 17.8 Å². The largest absolute Gasteiger partial charge is 0.489 e. The minimum absolute atomic E-state index is 0.107. The minimum Gasteiger partial charge on any atom is -0.489 e. The van der Waals surface area contributed by atoms with E-state index >= 15 is 0 Å². The molecule has 0 N–H and O–H groups in total. The Labute approximate surface area is 202 Å². The highest BCUT2D eigenvalue weighted by molar-refractivity contribution is 6.31. The van der Waals surface area contributed by atoms with Crippen LogP contribution >= 0.6 is 11.6 Å². The molecular formula is C24H27ClFN5O3. The molecule has 0 aliphatic carbocycles. The van der Waals surface area contributed by atoms with Gasteiger partial charge in [-0.1, -0.05) is 11.6 Å². The van der Waals surface area contributed by atoms with Crippen molar-refractivity contribution in [2.24, 2.45) is 0 Å². The zero-order chi connectivity index (χ0) is 24.0. The quantitative estimate of drug-likeness (QED) is 0.540. The van der Waals surface area contributed by atoms with E-state index in [4.69, 9.17) is 21.2 Å². The number of hydrogen-bond donors (Lipinski definition) is 0. The second-order valence-corrected chi connectivity index (χ2v) is 9.10. The van der Waals surface area contributed by atoms with Crippen LogP contribution in [0, 0.1) is 19.7 Å². The van der Waals surface area contributed by atoms with E-state index in [0.717, 1.165) is 48.6 Å². The van der Waals surface area contributed by atoms with Crippen molar-refractivity contribution in [3.05, 3.63) is 57.2 Å². The highest BCUT2D eigenvalue weighted by Crippen LogP contribution is 2.32. The number of amides is 1. The van der Waals surface area contributed by atoms with Gasteiger partial charge in [0.25, 0.3) is 5.91 Å². The van der Waals surface area contributed by atoms with E-state index in [0.29, 0.717) is 35.9 Å². The molecule has 5 rings (SSSR count). The lowest BCUT2D eigenvalue weighted by Crippen LogP contribution is -2.38. The molecule has 3 aromatic rings. The predicted octanol–water partition coefficient (Wildman–Crippen LogP) is 4.09. The van der Waals surface area contributed by atoms with Crippen molar-refractivity contribution in [3.8, 4) is 5.75 Å². The lowest BCUT2D eigenvalue weighted by molar-refractivity contribution is -0.173. The van der Waals surface area contributed by atoms with Gasteiger partial charge in [0.2, 0.25) is 0 Å². The summed E-state index contributed by atoms with van der Waals surface area (Å²) in [7, 11) is 0. The van der Waals surface area contributed by atoms with Crippen LogP contribution in [0.1, 0.15) is 52.8 Å². The maximum absolute atomic E-state index is 14.1. The van der Waals surface area contributed by atoms with Gasteiger partial charge in [0.1, 0.15) is 17.7 Å². The highest BCUT2D eigenvalue weighted by Gasteiger charge is 2.32. The minimum atomic E-state index is -0.437. The fraction of sp³-hybridized carbons (Fsp3) is 0.458. The molecule has 1 fully saturated rings. The van der Waals surface area contributed by atoms with Gasteiger partial charge < -0.3 is 9.64 Å². The number of aryl methyl sites for hydroxylation is 2. The summed E-state index contributed by atoms with van der Waals surface area (Å²) in [5.41, 5.74) is 4.30. The van der Waals surface area contributed by atoms with Crippen LogP contribution in [-0.2, 0) is 17.9 Å². The molecule has 10 heteroatoms. The summed E-state index contributed by atoms with van der Waals surface area (Å²) < 4.78 is 22.0. The third-order valence-electron chi connectivity index (χ3n) is 6.42. The monoisotopic (exact) mass is 487 g/mol. The number of aromatic nitrogens is 3. The molecule has 34 heavy (non-hydrogen) atoms. The molecule has 1 amide bonds. The zero-order valence-electron chi connectivity index (χ0n) is 19.5. The van der Waals surface area contributed by atoms with Crippen molar-refractivity contribution < 1.29 is 18.8 Å². The molecule has 4 heterocycles. The SMILES string of the molecule is CCON1CCC(Oc2cc(F)ccc2C(=O)N2Cc3nn4c(C)c(Cl)c(C)nc4c3C2)CC1. The molecule has 1 aromatic carbocycles. The molecule has 0 spiro atoms. The number of ether oxygens (including phenoxy) is 1. The Balaban J connectivity index is 1.35. The third-order valence-corrected chi connectivity index (χ3v) is 6.97. The second kappa shape index (κ2) is 9.13. The van der Waals surface area contributed by atoms with Crippen molar-refractivity contribution in [1.82, 2.24) is 24.6 Å². The number of hydroxylamine groups is 2. The average Bonchev–Trinajstić information content (AvgIpc) is 3.38. The molecule has 2 aromatic heterocycles. The van der Waals surface area contributed by atoms with Crippen molar-refractivity contribution in [2.75, 3.05) is 19.7 Å². The number of piperidine rings is 1. The molecule has 0 unspecified atom stereocenters. The van der Waals surface area contributed by atoms with Crippen molar-refractivity contribution in [2.45, 2.75) is 52.8 Å². The van der Waals surface area contributed by atoms with E-state index in [1.807, 2.05) is 25.8 Å². The van der Waals surface area contributed by atoms with Gasteiger partial charge in [-0.25, -0.2) is 13.9 Å². The lowest BCUT2D eigenvalue weighted by atomic mass is 10.1. The second-order valence-electron chi connectivity index (χ2n) is 8.72. The Kier molecular flexibility index (Phi) is 6.18. The summed E-state index contributed by atoms with van der Waals surface area (Å²) in [4.78, 5) is 25.3. The molecule has 180 valence electrons. The Hall–Kier alpha value is -2.75. The Bertz CT molecular complexity index is 1260. The Morgan fingerprint density at radius 2 is 2.00 bits per heavy atom. The summed E-state index contributed by atoms with van der Waals surface area (Å²) in [6.07, 6.45) is 1.37. The molecule has 2 aliphatic heterocycles. The molecule has 1 saturated heterocycles. The predicted molar refractivity (Wildman–Crippen MR) is 124 cm³/mol. The molecular weight excluding hydrogens is 461 g/mol. The van der Waals surface area contributed by atoms with Gasteiger partial charge in [0, 0.05) is 24.7 Å². The van der Waals surface area contributed by atoms with Gasteiger partial charge in [0.05, 0.1) is 47.4 Å². The number of benzene rings is 1. The standard InChI is InChI=1S/C24H27ClFN5O3/c1-4-33-30-9-7-17(8-10-30)34-21-11-16(26)5-6-18(21)24(32)29-12-19-20(13-29)28-31-15(3)22(25)14(2)27-23(19)31/h5-6,11,17H,4,7-10,12-13H2,1-3H3. The number of halogens is 2. The lowest BCUT2D eigenvalue weighted by Gasteiger charge is -2.31. The molecule has 0 radical (unpaired) electrons. The molecule has 2 aliphatic rings. The van der Waals surface area contributed by atoms with E-state index in [1.54, 1.807) is 9.42 Å². The van der Waals surface area contributed by atoms with E-state index < -0.39 is 5.82 Å². The first-order chi connectivity index (χ1) is 16.4. The van der Waals surface area contributed by atoms with Crippen molar-refractivity contribution >= 4 is 23.2 Å². The van der Waals surface area contributed by atoms with Gasteiger partial charge in [-0.15, -0.1) is 0 Å². The maximum atomic E-state index is 14.1. The fourth-order valence-corrected chi connectivity index (χ4v) is 4.76. The van der Waals surface area contributed by atoms with Crippen LogP contribution in [0.3, 0.4) is 0 Å². The van der Waals surface area contributed by atoms with Gasteiger partial charge in [0.15, 0.2) is 5.65 Å². The first-order valence-electron chi connectivity index (χ1n) is 11.5. The summed E-state index contributed by atoms with van der Waals surface area (Å²) >= 11 is 6.33. The van der Waals surface area contributed by atoms with Gasteiger partial charge in [-0.05, 0) is 45.7 Å². The molecule has 0 atom stereocenters. The van der Waals surface area contributed by atoms with Crippen molar-refractivity contribution in [1.29, 1.82) is 0 Å². The van der Waals surface area contributed by atoms with E-state index in [1.165, 1.54) is 18.2 Å². The molecule has 0 saturated carbocycles. The smallest absolute Gasteiger partial charge is 0.258 e. The number of nitrogens with zero attached hydrogens (tertiary/aromatic N) is 5. The van der Waals surface area contributed by atoms with Crippen LogP contribution in [0.4, 0.5) is 4.39 Å². The normalized spacial score (nSPS) is 16.9. The topological polar surface area (TPSA) is 72.2 Å². The Morgan fingerprint density at radius 3 is 2.74 bits per heavy atom. The summed E-state index contributed by atoms with van der Waals surface area (Å²) in [5, 5.41) is 7.14. The van der Waals surface area contributed by atoms with Gasteiger partial charge in [-0.3, -0.25) is 9.63 Å². The van der Waals surface area contributed by atoms with Crippen molar-refractivity contribution in [3.63, 3.8) is 0 Å². The van der Waals surface area contributed by atoms with E-state index in [9.17, 15) is 9.18 Å². The number of hydrogen-bond acceptors (Lipinski definition) is 6. The number of rotatable bonds is 5. The summed E-state index contributed by atoms with van der Waals surface area (Å²) in [6.45, 7) is 8.51. The first kappa shape index (κ1) is 23.0. The van der Waals surface area contributed by atoms with Crippen LogP contribution in [-0.4, -0.2) is 56.3 Å². The number of carbonyl (C=O) groups excluding carboxylic acids is 1. The van der Waals surface area contributed by atoms with Gasteiger partial charge in [-0.2, -0.15) is 10.2 Å². The zero-order valence-corrected chi connectivity index (χ0v) is 20.2. The maximum Gasteiger partial charge on any atom is 0.258 e. The fourth-order valence-electron chi connectivity index (χ4n) is 4.64. The highest BCUT2D eigenvalue weighted by atomic mass is 35.5. The van der Waals surface area contributed by atoms with Crippen LogP contribution in [0.2, 0.25) is 5.02 Å². The number of carbonyl (C=O) groups is 1. The average molecular weight is 488 g/mol. The molecule has 0 bridgehead atoms. The first-order valence-corrected chi connectivity index (χ1v) is 11.9. The van der Waals surface area contributed by atoms with Gasteiger partial charge >= 0.3 is 0 Å². The Morgan fingerprint density at radius 1 is 1.24 bits per heavy atom. The molecule has 8 nitrogen and oxygen atoms in total. The van der Waals surface area contributed by atoms with Crippen LogP contribution in [0.5, 0.6) is 5.75 Å². The third kappa shape index (κ3) is 4.12.